The summed E-state index contributed by atoms with van der Waals surface area (Å²) < 4.78 is 0. The highest BCUT2D eigenvalue weighted by molar-refractivity contribution is 6.15. The van der Waals surface area contributed by atoms with E-state index in [-0.39, 0.29) is 12.5 Å². The lowest BCUT2D eigenvalue weighted by molar-refractivity contribution is -0.140. The van der Waals surface area contributed by atoms with Crippen LogP contribution in [-0.2, 0) is 9.59 Å². The van der Waals surface area contributed by atoms with Gasteiger partial charge in [0, 0.05) is 17.4 Å². The van der Waals surface area contributed by atoms with Gasteiger partial charge in [-0.05, 0) is 29.6 Å². The molecule has 0 aromatic carbocycles. The van der Waals surface area contributed by atoms with Gasteiger partial charge in [0.1, 0.15) is 6.04 Å². The summed E-state index contributed by atoms with van der Waals surface area (Å²) in [4.78, 5) is 26.3. The van der Waals surface area contributed by atoms with Crippen molar-refractivity contribution in [3.05, 3.63) is 10.4 Å². The van der Waals surface area contributed by atoms with Crippen molar-refractivity contribution in [1.29, 1.82) is 0 Å². The molecular formula is C8H11ClN4O4. The van der Waals surface area contributed by atoms with E-state index in [0.717, 1.165) is 0 Å². The lowest BCUT2D eigenvalue weighted by atomic mass is 10.1. The third-order valence-corrected chi connectivity index (χ3v) is 3.14. The van der Waals surface area contributed by atoms with Crippen molar-refractivity contribution in [2.75, 3.05) is 6.54 Å². The monoisotopic (exact) mass is 262 g/mol. The van der Waals surface area contributed by atoms with Crippen LogP contribution in [0.15, 0.2) is 5.11 Å². The molecular weight excluding hydrogens is 252 g/mol. The number of carboxylic acids is 2. The molecule has 4 unspecified atom stereocenters. The Balaban J connectivity index is 2.66. The minimum absolute atomic E-state index is 0.149. The van der Waals surface area contributed by atoms with E-state index in [1.807, 2.05) is 0 Å². The first kappa shape index (κ1) is 13.6. The van der Waals surface area contributed by atoms with Gasteiger partial charge in [0.05, 0.1) is 5.92 Å². The van der Waals surface area contributed by atoms with Crippen molar-refractivity contribution in [1.82, 2.24) is 4.84 Å². The van der Waals surface area contributed by atoms with E-state index in [0.29, 0.717) is 6.42 Å². The summed E-state index contributed by atoms with van der Waals surface area (Å²) in [7, 11) is 0. The number of halogens is 1. The molecule has 3 N–H and O–H groups in total. The van der Waals surface area contributed by atoms with Crippen LogP contribution in [-0.4, -0.2) is 34.7 Å². The first-order valence-corrected chi connectivity index (χ1v) is 5.25. The Morgan fingerprint density at radius 1 is 1.53 bits per heavy atom. The van der Waals surface area contributed by atoms with Crippen molar-refractivity contribution >= 4 is 23.7 Å². The lowest BCUT2D eigenvalue weighted by Crippen LogP contribution is -2.34. The average molecular weight is 263 g/mol. The smallest absolute Gasteiger partial charge is 0.322 e. The average Bonchev–Trinajstić information content (AvgIpc) is 2.93. The van der Waals surface area contributed by atoms with Crippen molar-refractivity contribution in [2.24, 2.45) is 22.9 Å². The van der Waals surface area contributed by atoms with E-state index in [1.165, 1.54) is 0 Å². The molecule has 1 aliphatic carbocycles. The maximum atomic E-state index is 10.9. The maximum Gasteiger partial charge on any atom is 0.322 e. The Kier molecular flexibility index (Phi) is 4.56. The molecule has 0 spiro atoms. The molecule has 1 fully saturated rings. The molecule has 0 bridgehead atoms. The number of nitrogens with one attached hydrogen (secondary N) is 1. The molecule has 8 nitrogen and oxygen atoms in total. The van der Waals surface area contributed by atoms with Crippen LogP contribution in [0.5, 0.6) is 0 Å². The Morgan fingerprint density at radius 3 is 2.59 bits per heavy atom. The number of carbonyl (C=O) groups is 2. The summed E-state index contributed by atoms with van der Waals surface area (Å²) in [5, 5.41) is 21.1. The molecule has 94 valence electrons. The van der Waals surface area contributed by atoms with E-state index in [4.69, 9.17) is 27.5 Å². The summed E-state index contributed by atoms with van der Waals surface area (Å²) in [6, 6.07) is -1.10. The molecule has 0 amide bonds. The van der Waals surface area contributed by atoms with Crippen LogP contribution in [0.4, 0.5) is 0 Å². The van der Waals surface area contributed by atoms with Crippen LogP contribution in [0.3, 0.4) is 0 Å². The van der Waals surface area contributed by atoms with E-state index >= 15 is 0 Å². The minimum Gasteiger partial charge on any atom is -0.481 e. The highest BCUT2D eigenvalue weighted by Crippen LogP contribution is 2.51. The molecule has 0 radical (unpaired) electrons. The third kappa shape index (κ3) is 3.00. The number of aliphatic carboxylic acids is 2. The molecule has 0 aromatic heterocycles. The van der Waals surface area contributed by atoms with Crippen LogP contribution in [0.2, 0.25) is 0 Å². The van der Waals surface area contributed by atoms with Gasteiger partial charge < -0.3 is 10.2 Å². The lowest BCUT2D eigenvalue weighted by Gasteiger charge is -2.08. The number of azide groups is 1. The second kappa shape index (κ2) is 5.72. The maximum absolute atomic E-state index is 10.9. The molecule has 4 atom stereocenters. The zero-order valence-electron chi connectivity index (χ0n) is 8.65. The van der Waals surface area contributed by atoms with Gasteiger partial charge in [-0.2, -0.15) is 0 Å². The van der Waals surface area contributed by atoms with Gasteiger partial charge in [0.15, 0.2) is 0 Å². The number of carboxylic acid groups (broad SMARTS) is 2. The fraction of sp³-hybridized carbons (Fsp3) is 0.750. The summed E-state index contributed by atoms with van der Waals surface area (Å²) in [5.41, 5.74) is 8.10. The first-order chi connectivity index (χ1) is 8.04. The fourth-order valence-electron chi connectivity index (χ4n) is 2.11. The zero-order chi connectivity index (χ0) is 13.0. The van der Waals surface area contributed by atoms with E-state index < -0.39 is 29.8 Å². The van der Waals surface area contributed by atoms with E-state index in [9.17, 15) is 9.59 Å². The van der Waals surface area contributed by atoms with Gasteiger partial charge in [-0.15, -0.1) is 0 Å². The van der Waals surface area contributed by atoms with Crippen LogP contribution in [0.1, 0.15) is 6.42 Å². The van der Waals surface area contributed by atoms with Gasteiger partial charge in [0.2, 0.25) is 0 Å². The highest BCUT2D eigenvalue weighted by Gasteiger charge is 2.59. The molecule has 1 rings (SSSR count). The fourth-order valence-corrected chi connectivity index (χ4v) is 2.35. The largest absolute Gasteiger partial charge is 0.481 e. The second-order valence-corrected chi connectivity index (χ2v) is 3.99. The number of nitrogens with zero attached hydrogens (tertiary/aromatic N) is 3. The van der Waals surface area contributed by atoms with Crippen LogP contribution in [0, 0.1) is 17.8 Å². The van der Waals surface area contributed by atoms with Gasteiger partial charge in [0.25, 0.3) is 0 Å². The molecule has 0 heterocycles. The van der Waals surface area contributed by atoms with E-state index in [1.54, 1.807) is 0 Å². The number of rotatable bonds is 7. The predicted molar refractivity (Wildman–Crippen MR) is 57.1 cm³/mol. The Bertz CT molecular complexity index is 371. The molecule has 0 saturated heterocycles. The van der Waals surface area contributed by atoms with Crippen molar-refractivity contribution in [3.8, 4) is 0 Å². The Morgan fingerprint density at radius 2 is 2.18 bits per heavy atom. The Labute approximate surface area is 101 Å². The summed E-state index contributed by atoms with van der Waals surface area (Å²) in [5.74, 6) is -3.90. The van der Waals surface area contributed by atoms with Gasteiger partial charge in [-0.3, -0.25) is 9.59 Å². The van der Waals surface area contributed by atoms with Crippen molar-refractivity contribution in [3.63, 3.8) is 0 Å². The third-order valence-electron chi connectivity index (χ3n) is 2.91. The van der Waals surface area contributed by atoms with E-state index in [2.05, 4.69) is 14.9 Å². The van der Waals surface area contributed by atoms with Crippen LogP contribution in [0.25, 0.3) is 10.4 Å². The van der Waals surface area contributed by atoms with Crippen molar-refractivity contribution < 1.29 is 19.8 Å². The molecule has 0 aliphatic heterocycles. The van der Waals surface area contributed by atoms with Gasteiger partial charge in [-0.25, -0.2) is 4.84 Å². The van der Waals surface area contributed by atoms with Crippen LogP contribution < -0.4 is 4.84 Å². The summed E-state index contributed by atoms with van der Waals surface area (Å²) in [6.07, 6.45) is 0.341. The summed E-state index contributed by atoms with van der Waals surface area (Å²) in [6.45, 7) is 0.149. The predicted octanol–water partition coefficient (Wildman–Crippen LogP) is 0.830. The highest BCUT2D eigenvalue weighted by atomic mass is 35.5. The first-order valence-electron chi connectivity index (χ1n) is 4.87. The molecule has 0 aromatic rings. The van der Waals surface area contributed by atoms with Crippen molar-refractivity contribution in [2.45, 2.75) is 12.5 Å². The second-order valence-electron chi connectivity index (χ2n) is 3.77. The zero-order valence-corrected chi connectivity index (χ0v) is 9.41. The quantitative estimate of drug-likeness (QED) is 0.270. The standard InChI is InChI=1S/C8H11ClN4O4/c9-12-6(8(16)17)4-3(1-2-11-13-10)5(4)7(14)15/h3-6,12H,1-2H2,(H,14,15)(H,16,17). The molecule has 17 heavy (non-hydrogen) atoms. The topological polar surface area (TPSA) is 135 Å². The summed E-state index contributed by atoms with van der Waals surface area (Å²) >= 11 is 5.29. The normalized spacial score (nSPS) is 27.9. The number of hydrogen-bond acceptors (Lipinski definition) is 4. The van der Waals surface area contributed by atoms with Gasteiger partial charge in [-0.1, -0.05) is 5.11 Å². The van der Waals surface area contributed by atoms with Gasteiger partial charge >= 0.3 is 11.9 Å². The molecule has 1 aliphatic rings. The molecule has 1 saturated carbocycles. The van der Waals surface area contributed by atoms with Crippen LogP contribution >= 0.6 is 11.8 Å². The Hall–Kier alpha value is -1.50. The SMILES string of the molecule is [N-]=[N+]=NCCC1C(C(=O)O)C1C(NCl)C(=O)O. The number of hydrogen-bond donors (Lipinski definition) is 3. The minimum atomic E-state index is -1.19. The molecule has 9 heteroatoms.